The molecule has 0 spiro atoms. The zero-order valence-electron chi connectivity index (χ0n) is 18.0. The van der Waals surface area contributed by atoms with Crippen LogP contribution in [-0.2, 0) is 4.74 Å². The van der Waals surface area contributed by atoms with Gasteiger partial charge in [-0.2, -0.15) is 0 Å². The van der Waals surface area contributed by atoms with Gasteiger partial charge in [0, 0.05) is 31.5 Å². The topological polar surface area (TPSA) is 115 Å². The Morgan fingerprint density at radius 3 is 2.84 bits per heavy atom. The lowest BCUT2D eigenvalue weighted by molar-refractivity contribution is 0.102. The minimum absolute atomic E-state index is 0.0665. The van der Waals surface area contributed by atoms with E-state index >= 15 is 0 Å². The van der Waals surface area contributed by atoms with Crippen LogP contribution in [0.3, 0.4) is 0 Å². The maximum atomic E-state index is 12.8. The van der Waals surface area contributed by atoms with Crippen LogP contribution in [0.15, 0.2) is 36.4 Å². The molecular formula is C22H28N6O3. The van der Waals surface area contributed by atoms with Crippen molar-refractivity contribution in [1.29, 1.82) is 10.8 Å². The van der Waals surface area contributed by atoms with Crippen molar-refractivity contribution in [2.24, 2.45) is 0 Å². The summed E-state index contributed by atoms with van der Waals surface area (Å²) in [6.45, 7) is 6.51. The number of hydrogen-bond donors (Lipinski definition) is 3. The maximum absolute atomic E-state index is 12.8. The fourth-order valence-corrected chi connectivity index (χ4v) is 3.28. The Hall–Kier alpha value is -3.46. The molecule has 9 heteroatoms. The fourth-order valence-electron chi connectivity index (χ4n) is 3.28. The molecule has 0 bridgehead atoms. The number of carbonyl (C=O) groups excluding carboxylic acids is 1. The monoisotopic (exact) mass is 424 g/mol. The summed E-state index contributed by atoms with van der Waals surface area (Å²) < 4.78 is 10.9. The van der Waals surface area contributed by atoms with Crippen LogP contribution in [0.4, 0.5) is 11.4 Å². The number of methoxy groups -OCH3 is 1. The van der Waals surface area contributed by atoms with Crippen molar-refractivity contribution in [1.82, 2.24) is 9.88 Å². The Balaban J connectivity index is 1.75. The number of aromatic nitrogens is 1. The Morgan fingerprint density at radius 1 is 1.35 bits per heavy atom. The molecule has 0 saturated carbocycles. The third-order valence-electron chi connectivity index (χ3n) is 4.92. The number of nitrogens with zero attached hydrogens (tertiary/aromatic N) is 3. The number of amidine groups is 1. The van der Waals surface area contributed by atoms with Crippen molar-refractivity contribution in [2.75, 3.05) is 43.6 Å². The highest BCUT2D eigenvalue weighted by atomic mass is 16.5. The van der Waals surface area contributed by atoms with Crippen LogP contribution in [0.25, 0.3) is 0 Å². The number of fused-ring (bicyclic) bond motifs is 1. The highest BCUT2D eigenvalue weighted by Gasteiger charge is 2.20. The van der Waals surface area contributed by atoms with Gasteiger partial charge in [0.05, 0.1) is 25.2 Å². The van der Waals surface area contributed by atoms with E-state index in [1.54, 1.807) is 31.4 Å². The molecule has 0 atom stereocenters. The van der Waals surface area contributed by atoms with Gasteiger partial charge in [0.2, 0.25) is 0 Å². The third kappa shape index (κ3) is 5.18. The number of nitrogens with one attached hydrogen (secondary N) is 3. The number of hydrogen-bond acceptors (Lipinski definition) is 7. The standard InChI is InChI=1S/C22H28N6O3/c1-15(2)28(14-23)21(24)17-5-4-6-18(26-17)22(29)25-16-7-8-19-20(13-16)31-12-10-27(19)9-11-30-3/h4-8,13-15,23-24H,9-12H2,1-3H3,(H,25,29). The lowest BCUT2D eigenvalue weighted by Gasteiger charge is -2.31. The molecule has 31 heavy (non-hydrogen) atoms. The average Bonchev–Trinajstić information content (AvgIpc) is 2.77. The molecular weight excluding hydrogens is 396 g/mol. The predicted molar refractivity (Wildman–Crippen MR) is 121 cm³/mol. The molecule has 1 aromatic heterocycles. The van der Waals surface area contributed by atoms with E-state index in [0.717, 1.165) is 25.1 Å². The number of benzene rings is 1. The van der Waals surface area contributed by atoms with Crippen LogP contribution in [-0.4, -0.2) is 67.4 Å². The van der Waals surface area contributed by atoms with Crippen molar-refractivity contribution in [3.63, 3.8) is 0 Å². The Kier molecular flexibility index (Phi) is 7.19. The fraction of sp³-hybridized carbons (Fsp3) is 0.364. The van der Waals surface area contributed by atoms with Gasteiger partial charge in [-0.25, -0.2) is 4.98 Å². The quantitative estimate of drug-likeness (QED) is 0.443. The molecule has 0 fully saturated rings. The van der Waals surface area contributed by atoms with Crippen LogP contribution >= 0.6 is 0 Å². The predicted octanol–water partition coefficient (Wildman–Crippen LogP) is 2.82. The Morgan fingerprint density at radius 2 is 2.13 bits per heavy atom. The van der Waals surface area contributed by atoms with Crippen LogP contribution < -0.4 is 15.0 Å². The molecule has 0 radical (unpaired) electrons. The smallest absolute Gasteiger partial charge is 0.274 e. The summed E-state index contributed by atoms with van der Waals surface area (Å²) in [5.41, 5.74) is 2.09. The van der Waals surface area contributed by atoms with E-state index in [4.69, 9.17) is 20.3 Å². The molecule has 1 aromatic carbocycles. The van der Waals surface area contributed by atoms with E-state index in [1.807, 2.05) is 26.0 Å². The first-order chi connectivity index (χ1) is 14.9. The van der Waals surface area contributed by atoms with Gasteiger partial charge in [0.1, 0.15) is 23.7 Å². The summed E-state index contributed by atoms with van der Waals surface area (Å²) in [6.07, 6.45) is 1.09. The largest absolute Gasteiger partial charge is 0.489 e. The lowest BCUT2D eigenvalue weighted by Crippen LogP contribution is -2.36. The highest BCUT2D eigenvalue weighted by Crippen LogP contribution is 2.34. The maximum Gasteiger partial charge on any atom is 0.274 e. The summed E-state index contributed by atoms with van der Waals surface area (Å²) in [5, 5.41) is 18.7. The first-order valence-electron chi connectivity index (χ1n) is 10.1. The van der Waals surface area contributed by atoms with E-state index in [-0.39, 0.29) is 23.5 Å². The normalized spacial score (nSPS) is 12.7. The molecule has 0 saturated heterocycles. The van der Waals surface area contributed by atoms with Crippen LogP contribution in [0.2, 0.25) is 0 Å². The van der Waals surface area contributed by atoms with Crippen molar-refractivity contribution >= 4 is 29.5 Å². The molecule has 3 rings (SSSR count). The van der Waals surface area contributed by atoms with Crippen molar-refractivity contribution in [3.05, 3.63) is 47.8 Å². The van der Waals surface area contributed by atoms with E-state index in [2.05, 4.69) is 15.2 Å². The first-order valence-corrected chi connectivity index (χ1v) is 10.1. The zero-order valence-corrected chi connectivity index (χ0v) is 18.0. The summed E-state index contributed by atoms with van der Waals surface area (Å²) in [6, 6.07) is 10.4. The van der Waals surface area contributed by atoms with Crippen molar-refractivity contribution in [2.45, 2.75) is 19.9 Å². The molecule has 9 nitrogen and oxygen atoms in total. The first kappa shape index (κ1) is 22.2. The van der Waals surface area contributed by atoms with Gasteiger partial charge in [-0.1, -0.05) is 6.07 Å². The molecule has 3 N–H and O–H groups in total. The Bertz CT molecular complexity index is 962. The number of carbonyl (C=O) groups is 1. The minimum Gasteiger partial charge on any atom is -0.489 e. The van der Waals surface area contributed by atoms with Gasteiger partial charge in [0.15, 0.2) is 5.84 Å². The zero-order chi connectivity index (χ0) is 22.4. The van der Waals surface area contributed by atoms with E-state index in [0.29, 0.717) is 30.3 Å². The van der Waals surface area contributed by atoms with Gasteiger partial charge in [-0.3, -0.25) is 15.6 Å². The summed E-state index contributed by atoms with van der Waals surface area (Å²) in [5.74, 6) is 0.396. The van der Waals surface area contributed by atoms with Crippen LogP contribution in [0.5, 0.6) is 5.75 Å². The third-order valence-corrected chi connectivity index (χ3v) is 4.92. The SMILES string of the molecule is COCCN1CCOc2cc(NC(=O)c3cccc(C(=N)N(C=N)C(C)C)n3)ccc21. The Labute approximate surface area is 182 Å². The molecule has 0 aliphatic carbocycles. The molecule has 1 amide bonds. The number of pyridine rings is 1. The molecule has 164 valence electrons. The second-order valence-corrected chi connectivity index (χ2v) is 7.35. The molecule has 1 aliphatic rings. The van der Waals surface area contributed by atoms with Crippen LogP contribution in [0, 0.1) is 10.8 Å². The second-order valence-electron chi connectivity index (χ2n) is 7.35. The summed E-state index contributed by atoms with van der Waals surface area (Å²) in [4.78, 5) is 20.7. The van der Waals surface area contributed by atoms with Gasteiger partial charge in [0.25, 0.3) is 5.91 Å². The number of rotatable bonds is 8. The number of anilines is 2. The number of amides is 1. The lowest BCUT2D eigenvalue weighted by atomic mass is 10.2. The minimum atomic E-state index is -0.382. The highest BCUT2D eigenvalue weighted by molar-refractivity contribution is 6.05. The van der Waals surface area contributed by atoms with E-state index < -0.39 is 0 Å². The molecule has 2 aromatic rings. The summed E-state index contributed by atoms with van der Waals surface area (Å²) >= 11 is 0. The van der Waals surface area contributed by atoms with Gasteiger partial charge in [-0.15, -0.1) is 0 Å². The van der Waals surface area contributed by atoms with E-state index in [1.165, 1.54) is 4.90 Å². The summed E-state index contributed by atoms with van der Waals surface area (Å²) in [7, 11) is 1.68. The van der Waals surface area contributed by atoms with Crippen molar-refractivity contribution < 1.29 is 14.3 Å². The number of ether oxygens (including phenoxy) is 2. The van der Waals surface area contributed by atoms with Crippen molar-refractivity contribution in [3.8, 4) is 5.75 Å². The van der Waals surface area contributed by atoms with Gasteiger partial charge in [-0.05, 0) is 38.1 Å². The van der Waals surface area contributed by atoms with Gasteiger partial charge < -0.3 is 24.6 Å². The van der Waals surface area contributed by atoms with Crippen LogP contribution in [0.1, 0.15) is 30.0 Å². The molecule has 1 aliphatic heterocycles. The molecule has 0 unspecified atom stereocenters. The average molecular weight is 425 g/mol. The second kappa shape index (κ2) is 10.0. The molecule has 2 heterocycles. The van der Waals surface area contributed by atoms with E-state index in [9.17, 15) is 4.79 Å². The van der Waals surface area contributed by atoms with Gasteiger partial charge >= 0.3 is 0 Å².